The van der Waals surface area contributed by atoms with Crippen molar-refractivity contribution in [2.24, 2.45) is 5.92 Å². The van der Waals surface area contributed by atoms with Gasteiger partial charge in [0.25, 0.3) is 0 Å². The van der Waals surface area contributed by atoms with E-state index in [-0.39, 0.29) is 29.5 Å². The van der Waals surface area contributed by atoms with E-state index < -0.39 is 23.8 Å². The zero-order chi connectivity index (χ0) is 26.3. The van der Waals surface area contributed by atoms with Crippen molar-refractivity contribution in [3.63, 3.8) is 0 Å². The molecule has 1 aromatic rings. The van der Waals surface area contributed by atoms with Crippen LogP contribution in [0.3, 0.4) is 0 Å². The molecule has 1 aliphatic carbocycles. The lowest BCUT2D eigenvalue weighted by molar-refractivity contribution is -0.148. The molecule has 0 aromatic heterocycles. The second-order valence-corrected chi connectivity index (χ2v) is 10.8. The van der Waals surface area contributed by atoms with Gasteiger partial charge in [-0.3, -0.25) is 9.59 Å². The number of aryl methyl sites for hydroxylation is 1. The van der Waals surface area contributed by atoms with Crippen molar-refractivity contribution >= 4 is 17.9 Å². The third-order valence-electron chi connectivity index (χ3n) is 6.22. The molecule has 2 rings (SSSR count). The van der Waals surface area contributed by atoms with Gasteiger partial charge in [0.15, 0.2) is 0 Å². The van der Waals surface area contributed by atoms with Crippen LogP contribution in [0, 0.1) is 12.8 Å². The minimum Gasteiger partial charge on any atom is -0.508 e. The Morgan fingerprint density at radius 2 is 1.86 bits per heavy atom. The van der Waals surface area contributed by atoms with E-state index in [2.05, 4.69) is 10.6 Å². The molecule has 0 spiro atoms. The molecule has 0 saturated heterocycles. The number of amides is 3. The maximum atomic E-state index is 14.0. The number of carbonyl (C=O) groups is 3. The van der Waals surface area contributed by atoms with Crippen LogP contribution in [0.4, 0.5) is 4.79 Å². The molecule has 3 amide bonds. The SMILES string of the molecule is CCCCNC(=O)C(c1ccc(O)c(C)c1)N(C(=O)C(NC(=O)OC(C)(C)C)C(C)C)C1CCC1. The monoisotopic (exact) mass is 489 g/mol. The number of nitrogens with zero attached hydrogens (tertiary/aromatic N) is 1. The first-order valence-corrected chi connectivity index (χ1v) is 12.7. The Bertz CT molecular complexity index is 889. The third kappa shape index (κ3) is 7.87. The predicted molar refractivity (Wildman–Crippen MR) is 136 cm³/mol. The second-order valence-electron chi connectivity index (χ2n) is 10.8. The maximum Gasteiger partial charge on any atom is 0.408 e. The van der Waals surface area contributed by atoms with Crippen molar-refractivity contribution in [2.45, 2.75) is 104 Å². The summed E-state index contributed by atoms with van der Waals surface area (Å²) in [6.07, 6.45) is 3.65. The van der Waals surface area contributed by atoms with E-state index in [1.54, 1.807) is 50.8 Å². The molecule has 1 aromatic carbocycles. The van der Waals surface area contributed by atoms with Crippen LogP contribution in [0.15, 0.2) is 18.2 Å². The lowest BCUT2D eigenvalue weighted by atomic mass is 9.87. The van der Waals surface area contributed by atoms with Crippen LogP contribution in [0.1, 0.15) is 90.8 Å². The van der Waals surface area contributed by atoms with Gasteiger partial charge in [0.1, 0.15) is 23.4 Å². The molecule has 0 bridgehead atoms. The van der Waals surface area contributed by atoms with Gasteiger partial charge in [-0.1, -0.05) is 33.3 Å². The fourth-order valence-electron chi connectivity index (χ4n) is 4.06. The number of unbranched alkanes of at least 4 members (excludes halogenated alkanes) is 1. The van der Waals surface area contributed by atoms with Crippen molar-refractivity contribution in [2.75, 3.05) is 6.54 Å². The molecule has 1 aliphatic rings. The summed E-state index contributed by atoms with van der Waals surface area (Å²) in [5.41, 5.74) is 0.560. The molecule has 0 aliphatic heterocycles. The first-order chi connectivity index (χ1) is 16.4. The van der Waals surface area contributed by atoms with E-state index in [0.29, 0.717) is 17.7 Å². The largest absolute Gasteiger partial charge is 0.508 e. The maximum absolute atomic E-state index is 14.0. The fraction of sp³-hybridized carbons (Fsp3) is 0.667. The molecule has 2 unspecified atom stereocenters. The van der Waals surface area contributed by atoms with Gasteiger partial charge in [0.05, 0.1) is 0 Å². The van der Waals surface area contributed by atoms with Gasteiger partial charge < -0.3 is 25.4 Å². The first kappa shape index (κ1) is 28.5. The van der Waals surface area contributed by atoms with Gasteiger partial charge in [-0.25, -0.2) is 4.79 Å². The second kappa shape index (κ2) is 12.3. The molecular formula is C27H43N3O5. The fourth-order valence-corrected chi connectivity index (χ4v) is 4.06. The summed E-state index contributed by atoms with van der Waals surface area (Å²) in [6.45, 7) is 13.4. The van der Waals surface area contributed by atoms with Crippen LogP contribution >= 0.6 is 0 Å². The zero-order valence-electron chi connectivity index (χ0n) is 22.3. The number of phenols is 1. The number of carbonyl (C=O) groups excluding carboxylic acids is 3. The first-order valence-electron chi connectivity index (χ1n) is 12.7. The van der Waals surface area contributed by atoms with Gasteiger partial charge in [0.2, 0.25) is 11.8 Å². The lowest BCUT2D eigenvalue weighted by Crippen LogP contribution is -2.58. The van der Waals surface area contributed by atoms with Gasteiger partial charge in [-0.05, 0) is 82.6 Å². The Hall–Kier alpha value is -2.77. The molecule has 8 nitrogen and oxygen atoms in total. The lowest BCUT2D eigenvalue weighted by Gasteiger charge is -2.44. The number of phenolic OH excluding ortho intramolecular Hbond substituents is 1. The molecule has 8 heteroatoms. The Labute approximate surface area is 209 Å². The highest BCUT2D eigenvalue weighted by Gasteiger charge is 2.42. The summed E-state index contributed by atoms with van der Waals surface area (Å²) < 4.78 is 5.41. The van der Waals surface area contributed by atoms with Crippen molar-refractivity contribution in [3.8, 4) is 5.75 Å². The Kier molecular flexibility index (Phi) is 9.98. The number of nitrogens with one attached hydrogen (secondary N) is 2. The predicted octanol–water partition coefficient (Wildman–Crippen LogP) is 4.59. The molecule has 3 N–H and O–H groups in total. The molecule has 35 heavy (non-hydrogen) atoms. The number of ether oxygens (including phenoxy) is 1. The van der Waals surface area contributed by atoms with Crippen LogP contribution in [-0.2, 0) is 14.3 Å². The molecule has 0 heterocycles. The summed E-state index contributed by atoms with van der Waals surface area (Å²) in [5, 5.41) is 15.8. The molecule has 2 atom stereocenters. The molecule has 196 valence electrons. The average Bonchev–Trinajstić information content (AvgIpc) is 2.71. The van der Waals surface area contributed by atoms with Crippen LogP contribution in [0.5, 0.6) is 5.75 Å². The number of rotatable bonds is 10. The van der Waals surface area contributed by atoms with Gasteiger partial charge in [-0.2, -0.15) is 0 Å². The summed E-state index contributed by atoms with van der Waals surface area (Å²) >= 11 is 0. The van der Waals surface area contributed by atoms with Crippen molar-refractivity contribution in [1.82, 2.24) is 15.5 Å². The normalized spacial score (nSPS) is 15.7. The standard InChI is InChI=1S/C27H43N3O5/c1-8-9-15-28-24(32)23(19-13-14-21(31)18(4)16-19)30(20-11-10-12-20)25(33)22(17(2)3)29-26(34)35-27(5,6)7/h13-14,16-17,20,22-23,31H,8-12,15H2,1-7H3,(H,28,32)(H,29,34). The van der Waals surface area contributed by atoms with Crippen LogP contribution in [0.2, 0.25) is 0 Å². The summed E-state index contributed by atoms with van der Waals surface area (Å²) in [4.78, 5) is 41.8. The van der Waals surface area contributed by atoms with Crippen LogP contribution in [-0.4, -0.2) is 52.1 Å². The average molecular weight is 490 g/mol. The van der Waals surface area contributed by atoms with Gasteiger partial charge in [0, 0.05) is 12.6 Å². The van der Waals surface area contributed by atoms with Crippen molar-refractivity contribution in [3.05, 3.63) is 29.3 Å². The summed E-state index contributed by atoms with van der Waals surface area (Å²) in [5.74, 6) is -0.657. The van der Waals surface area contributed by atoms with Gasteiger partial charge in [-0.15, -0.1) is 0 Å². The highest BCUT2D eigenvalue weighted by molar-refractivity contribution is 5.92. The van der Waals surface area contributed by atoms with Gasteiger partial charge >= 0.3 is 6.09 Å². The van der Waals surface area contributed by atoms with E-state index in [0.717, 1.165) is 32.1 Å². The third-order valence-corrected chi connectivity index (χ3v) is 6.22. The van der Waals surface area contributed by atoms with E-state index in [1.165, 1.54) is 0 Å². The minimum atomic E-state index is -0.870. The zero-order valence-corrected chi connectivity index (χ0v) is 22.3. The van der Waals surface area contributed by atoms with E-state index in [1.807, 2.05) is 20.8 Å². The van der Waals surface area contributed by atoms with Crippen molar-refractivity contribution < 1.29 is 24.2 Å². The van der Waals surface area contributed by atoms with Crippen LogP contribution in [0.25, 0.3) is 0 Å². The quantitative estimate of drug-likeness (QED) is 0.417. The highest BCUT2D eigenvalue weighted by Crippen LogP contribution is 2.35. The minimum absolute atomic E-state index is 0.111. The number of benzene rings is 1. The van der Waals surface area contributed by atoms with Crippen molar-refractivity contribution in [1.29, 1.82) is 0 Å². The molecule has 1 fully saturated rings. The topological polar surface area (TPSA) is 108 Å². The number of aromatic hydroxyl groups is 1. The number of hydrogen-bond donors (Lipinski definition) is 3. The van der Waals surface area contributed by atoms with Crippen LogP contribution < -0.4 is 10.6 Å². The Morgan fingerprint density at radius 3 is 2.34 bits per heavy atom. The molecule has 1 saturated carbocycles. The summed E-state index contributed by atoms with van der Waals surface area (Å²) in [7, 11) is 0. The smallest absolute Gasteiger partial charge is 0.408 e. The number of hydrogen-bond acceptors (Lipinski definition) is 5. The molecular weight excluding hydrogens is 446 g/mol. The highest BCUT2D eigenvalue weighted by atomic mass is 16.6. The van der Waals surface area contributed by atoms with E-state index in [9.17, 15) is 19.5 Å². The molecule has 0 radical (unpaired) electrons. The Morgan fingerprint density at radius 1 is 1.20 bits per heavy atom. The summed E-state index contributed by atoms with van der Waals surface area (Å²) in [6, 6.07) is 3.17. The Balaban J connectivity index is 2.47. The number of alkyl carbamates (subject to hydrolysis) is 1. The van der Waals surface area contributed by atoms with E-state index in [4.69, 9.17) is 4.74 Å². The van der Waals surface area contributed by atoms with E-state index >= 15 is 0 Å².